The van der Waals surface area contributed by atoms with E-state index in [0.29, 0.717) is 5.75 Å². The summed E-state index contributed by atoms with van der Waals surface area (Å²) in [6, 6.07) is 13.7. The summed E-state index contributed by atoms with van der Waals surface area (Å²) in [5.41, 5.74) is 0. The quantitative estimate of drug-likeness (QED) is 0.462. The zero-order valence-electron chi connectivity index (χ0n) is 6.28. The van der Waals surface area contributed by atoms with Crippen molar-refractivity contribution in [3.63, 3.8) is 0 Å². The Kier molecular flexibility index (Phi) is 1.68. The third kappa shape index (κ3) is 1.12. The molecule has 2 aromatic rings. The zero-order valence-corrected chi connectivity index (χ0v) is 6.28. The van der Waals surface area contributed by atoms with E-state index in [4.69, 9.17) is 0 Å². The first-order chi connectivity index (χ1) is 5.90. The van der Waals surface area contributed by atoms with Crippen LogP contribution >= 0.6 is 0 Å². The third-order valence-electron chi connectivity index (χ3n) is 1.75. The van der Waals surface area contributed by atoms with E-state index < -0.39 is 0 Å². The number of hydrogen-bond donors (Lipinski definition) is 0. The molecule has 2 aromatic carbocycles. The lowest BCUT2D eigenvalue weighted by atomic mass is 10.1. The lowest BCUT2D eigenvalue weighted by Gasteiger charge is -1.97. The van der Waals surface area contributed by atoms with Crippen LogP contribution in [0, 0.1) is 6.07 Å². The van der Waals surface area contributed by atoms with Gasteiger partial charge in [0, 0.05) is 5.26 Å². The van der Waals surface area contributed by atoms with Crippen LogP contribution in [0.25, 0.3) is 10.8 Å². The normalized spacial score (nSPS) is 10.1. The van der Waals surface area contributed by atoms with Crippen molar-refractivity contribution in [2.24, 2.45) is 0 Å². The Morgan fingerprint density at radius 2 is 2.08 bits per heavy atom. The predicted molar refractivity (Wildman–Crippen MR) is 44.1 cm³/mol. The van der Waals surface area contributed by atoms with Crippen LogP contribution in [0.3, 0.4) is 0 Å². The van der Waals surface area contributed by atoms with Gasteiger partial charge in [-0.1, -0.05) is 18.2 Å². The van der Waals surface area contributed by atoms with E-state index in [9.17, 15) is 5.26 Å². The minimum atomic E-state index is 0.341. The fraction of sp³-hybridized carbons (Fsp3) is 0. The molecular weight excluding hydrogens is 152 g/mol. The molecule has 0 aliphatic carbocycles. The number of hydrogen-bond acceptors (Lipinski definition) is 1. The Morgan fingerprint density at radius 3 is 2.92 bits per heavy atom. The highest BCUT2D eigenvalue weighted by molar-refractivity contribution is 5.83. The van der Waals surface area contributed by atoms with Gasteiger partial charge in [0.05, 0.1) is 0 Å². The molecule has 0 aliphatic rings. The van der Waals surface area contributed by atoms with Gasteiger partial charge in [0.25, 0.3) is 0 Å². The highest BCUT2D eigenvalue weighted by Crippen LogP contribution is 2.19. The monoisotopic (exact) mass is 158 g/mol. The minimum Gasteiger partial charge on any atom is -0.305 e. The largest absolute Gasteiger partial charge is 0.305 e. The molecule has 0 atom stereocenters. The molecule has 0 amide bonds. The van der Waals surface area contributed by atoms with Crippen molar-refractivity contribution < 1.29 is 10.1 Å². The molecule has 0 saturated carbocycles. The van der Waals surface area contributed by atoms with Gasteiger partial charge in [0.15, 0.2) is 5.75 Å². The average molecular weight is 158 g/mol. The Bertz CT molecular complexity index is 396. The van der Waals surface area contributed by atoms with Crippen molar-refractivity contribution in [1.29, 1.82) is 0 Å². The first-order valence-corrected chi connectivity index (χ1v) is 3.60. The van der Waals surface area contributed by atoms with E-state index in [-0.39, 0.29) is 0 Å². The Morgan fingerprint density at radius 1 is 1.17 bits per heavy atom. The molecular formula is C10H6O2. The molecule has 0 spiro atoms. The van der Waals surface area contributed by atoms with Gasteiger partial charge in [-0.2, -0.15) is 0 Å². The summed E-state index contributed by atoms with van der Waals surface area (Å²) in [5, 5.41) is 12.1. The highest BCUT2D eigenvalue weighted by Gasteiger charge is 1.95. The summed E-state index contributed by atoms with van der Waals surface area (Å²) in [5.74, 6) is 0.341. The summed E-state index contributed by atoms with van der Waals surface area (Å²) in [4.78, 5) is 3.86. The van der Waals surface area contributed by atoms with Crippen LogP contribution in [0.15, 0.2) is 36.4 Å². The fourth-order valence-electron chi connectivity index (χ4n) is 1.16. The standard InChI is InChI=1S/C10H6O2/c11-12-10-6-5-8-3-1-2-4-9(8)7-10/h2-7H. The van der Waals surface area contributed by atoms with E-state index in [1.807, 2.05) is 18.2 Å². The van der Waals surface area contributed by atoms with Crippen LogP contribution < -0.4 is 4.89 Å². The predicted octanol–water partition coefficient (Wildman–Crippen LogP) is 2.36. The molecule has 0 heterocycles. The van der Waals surface area contributed by atoms with Crippen molar-refractivity contribution >= 4 is 10.8 Å². The van der Waals surface area contributed by atoms with Gasteiger partial charge in [-0.3, -0.25) is 0 Å². The number of benzene rings is 2. The molecule has 0 N–H and O–H groups in total. The van der Waals surface area contributed by atoms with Gasteiger partial charge >= 0.3 is 0 Å². The molecule has 2 heteroatoms. The second-order valence-corrected chi connectivity index (χ2v) is 2.52. The summed E-state index contributed by atoms with van der Waals surface area (Å²) in [6.45, 7) is 0. The van der Waals surface area contributed by atoms with Gasteiger partial charge in [-0.25, -0.2) is 0 Å². The van der Waals surface area contributed by atoms with E-state index in [1.165, 1.54) is 0 Å². The second-order valence-electron chi connectivity index (χ2n) is 2.52. The van der Waals surface area contributed by atoms with Crippen molar-refractivity contribution in [1.82, 2.24) is 0 Å². The average Bonchev–Trinajstić information content (AvgIpc) is 2.17. The highest BCUT2D eigenvalue weighted by atomic mass is 17.1. The summed E-state index contributed by atoms with van der Waals surface area (Å²) < 4.78 is 0. The molecule has 0 bridgehead atoms. The summed E-state index contributed by atoms with van der Waals surface area (Å²) >= 11 is 0. The van der Waals surface area contributed by atoms with Crippen LogP contribution in [0.1, 0.15) is 0 Å². The first-order valence-electron chi connectivity index (χ1n) is 3.60. The van der Waals surface area contributed by atoms with Gasteiger partial charge in [-0.05, 0) is 35.0 Å². The van der Waals surface area contributed by atoms with Gasteiger partial charge in [0.2, 0.25) is 0 Å². The molecule has 0 aliphatic heterocycles. The van der Waals surface area contributed by atoms with E-state index in [2.05, 4.69) is 11.0 Å². The molecule has 0 aromatic heterocycles. The van der Waals surface area contributed by atoms with Crippen LogP contribution in [0.2, 0.25) is 0 Å². The van der Waals surface area contributed by atoms with Crippen LogP contribution in [-0.4, -0.2) is 0 Å². The molecule has 0 unspecified atom stereocenters. The number of rotatable bonds is 1. The Balaban J connectivity index is 2.67. The molecule has 2 rings (SSSR count). The molecule has 2 radical (unpaired) electrons. The van der Waals surface area contributed by atoms with E-state index in [0.717, 1.165) is 10.8 Å². The molecule has 0 fully saturated rings. The summed E-state index contributed by atoms with van der Waals surface area (Å²) in [6.07, 6.45) is 0. The SMILES string of the molecule is [O]Oc1ccc2c[c]ccc2c1. The minimum absolute atomic E-state index is 0.341. The lowest BCUT2D eigenvalue weighted by molar-refractivity contribution is -0.208. The Hall–Kier alpha value is -1.54. The topological polar surface area (TPSA) is 29.1 Å². The zero-order chi connectivity index (χ0) is 8.39. The van der Waals surface area contributed by atoms with Crippen molar-refractivity contribution in [2.45, 2.75) is 0 Å². The third-order valence-corrected chi connectivity index (χ3v) is 1.75. The van der Waals surface area contributed by atoms with Crippen LogP contribution in [-0.2, 0) is 5.26 Å². The maximum absolute atomic E-state index is 10.1. The van der Waals surface area contributed by atoms with Crippen molar-refractivity contribution in [3.8, 4) is 5.75 Å². The fourth-order valence-corrected chi connectivity index (χ4v) is 1.16. The van der Waals surface area contributed by atoms with E-state index >= 15 is 0 Å². The second kappa shape index (κ2) is 2.83. The van der Waals surface area contributed by atoms with Crippen LogP contribution in [0.4, 0.5) is 0 Å². The molecule has 58 valence electrons. The Labute approximate surface area is 70.0 Å². The van der Waals surface area contributed by atoms with Gasteiger partial charge in [0.1, 0.15) is 0 Å². The molecule has 12 heavy (non-hydrogen) atoms. The van der Waals surface area contributed by atoms with Crippen molar-refractivity contribution in [3.05, 3.63) is 42.5 Å². The molecule has 2 nitrogen and oxygen atoms in total. The van der Waals surface area contributed by atoms with Gasteiger partial charge < -0.3 is 4.89 Å². The maximum atomic E-state index is 10.1. The summed E-state index contributed by atoms with van der Waals surface area (Å²) in [7, 11) is 0. The van der Waals surface area contributed by atoms with Crippen LogP contribution in [0.5, 0.6) is 5.75 Å². The lowest BCUT2D eigenvalue weighted by Crippen LogP contribution is -1.80. The first kappa shape index (κ1) is 7.13. The molecule has 0 saturated heterocycles. The van der Waals surface area contributed by atoms with E-state index in [1.54, 1.807) is 18.2 Å². The van der Waals surface area contributed by atoms with Gasteiger partial charge in [-0.15, -0.1) is 0 Å². The smallest absolute Gasteiger partial charge is 0.169 e. The number of fused-ring (bicyclic) bond motifs is 1. The van der Waals surface area contributed by atoms with Crippen molar-refractivity contribution in [2.75, 3.05) is 0 Å². The maximum Gasteiger partial charge on any atom is 0.169 e.